The molecule has 0 bridgehead atoms. The Bertz CT molecular complexity index is 421. The minimum Gasteiger partial charge on any atom is -0.481 e. The van der Waals surface area contributed by atoms with Crippen LogP contribution in [-0.4, -0.2) is 47.3 Å². The fourth-order valence-corrected chi connectivity index (χ4v) is 2.97. The minimum absolute atomic E-state index is 0.0647. The predicted molar refractivity (Wildman–Crippen MR) is 67.6 cm³/mol. The number of rotatable bonds is 2. The van der Waals surface area contributed by atoms with Gasteiger partial charge in [-0.25, -0.2) is 4.79 Å². The van der Waals surface area contributed by atoms with Gasteiger partial charge in [0, 0.05) is 19.1 Å². The molecule has 1 aliphatic heterocycles. The van der Waals surface area contributed by atoms with E-state index in [1.165, 1.54) is 4.90 Å². The Balaban J connectivity index is 1.82. The predicted octanol–water partition coefficient (Wildman–Crippen LogP) is 2.08. The molecule has 2 N–H and O–H groups in total. The number of likely N-dealkylation sites (tertiary alicyclic amines) is 1. The number of aliphatic carboxylic acids is 1. The van der Waals surface area contributed by atoms with Gasteiger partial charge in [0.2, 0.25) is 0 Å². The zero-order valence-electron chi connectivity index (χ0n) is 11.7. The highest BCUT2D eigenvalue weighted by atomic mass is 19.4. The third-order valence-electron chi connectivity index (χ3n) is 4.22. The molecule has 2 unspecified atom stereocenters. The molecule has 8 heteroatoms. The number of alkyl halides is 3. The van der Waals surface area contributed by atoms with Crippen LogP contribution in [0.25, 0.3) is 0 Å². The summed E-state index contributed by atoms with van der Waals surface area (Å²) < 4.78 is 37.1. The highest BCUT2D eigenvalue weighted by Gasteiger charge is 2.48. The lowest BCUT2D eigenvalue weighted by Gasteiger charge is -2.40. The number of halogens is 3. The van der Waals surface area contributed by atoms with Crippen LogP contribution in [0.1, 0.15) is 26.2 Å². The molecule has 1 heterocycles. The molecule has 21 heavy (non-hydrogen) atoms. The first-order chi connectivity index (χ1) is 9.66. The van der Waals surface area contributed by atoms with Crippen molar-refractivity contribution < 1.29 is 27.9 Å². The molecule has 0 aromatic heterocycles. The Morgan fingerprint density at radius 2 is 1.81 bits per heavy atom. The van der Waals surface area contributed by atoms with E-state index in [1.807, 2.05) is 6.92 Å². The summed E-state index contributed by atoms with van der Waals surface area (Å²) in [5.74, 6) is -2.83. The molecule has 2 amide bonds. The van der Waals surface area contributed by atoms with Crippen LogP contribution >= 0.6 is 0 Å². The standard InChI is InChI=1S/C13H19F3N2O3/c1-7-2-8(11(19)20)6-18(5-7)12(21)17-10-3-9(4-10)13(14,15)16/h7-10H,2-6H2,1H3,(H,17,21)(H,19,20). The molecule has 2 rings (SSSR count). The summed E-state index contributed by atoms with van der Waals surface area (Å²) in [6.45, 7) is 2.41. The number of carbonyl (C=O) groups is 2. The minimum atomic E-state index is -4.20. The van der Waals surface area contributed by atoms with Crippen molar-refractivity contribution in [1.82, 2.24) is 10.2 Å². The number of urea groups is 1. The van der Waals surface area contributed by atoms with E-state index < -0.39 is 36.1 Å². The van der Waals surface area contributed by atoms with Gasteiger partial charge in [-0.15, -0.1) is 0 Å². The Hall–Kier alpha value is -1.47. The van der Waals surface area contributed by atoms with Crippen LogP contribution < -0.4 is 5.32 Å². The lowest BCUT2D eigenvalue weighted by atomic mass is 9.80. The van der Waals surface area contributed by atoms with E-state index in [2.05, 4.69) is 5.32 Å². The Kier molecular flexibility index (Phi) is 4.34. The van der Waals surface area contributed by atoms with Gasteiger partial charge < -0.3 is 15.3 Å². The van der Waals surface area contributed by atoms with Crippen LogP contribution in [0.2, 0.25) is 0 Å². The van der Waals surface area contributed by atoms with E-state index in [4.69, 9.17) is 5.11 Å². The normalized spacial score (nSPS) is 33.2. The fourth-order valence-electron chi connectivity index (χ4n) is 2.97. The highest BCUT2D eigenvalue weighted by molar-refractivity contribution is 5.77. The molecule has 0 spiro atoms. The van der Waals surface area contributed by atoms with Gasteiger partial charge in [-0.2, -0.15) is 13.2 Å². The van der Waals surface area contributed by atoms with Crippen LogP contribution in [-0.2, 0) is 4.79 Å². The van der Waals surface area contributed by atoms with E-state index in [0.717, 1.165) is 0 Å². The van der Waals surface area contributed by atoms with E-state index in [0.29, 0.717) is 13.0 Å². The second kappa shape index (κ2) is 5.73. The molecule has 0 radical (unpaired) electrons. The van der Waals surface area contributed by atoms with Gasteiger partial charge in [-0.05, 0) is 25.2 Å². The number of carbonyl (C=O) groups excluding carboxylic acids is 1. The summed E-state index contributed by atoms with van der Waals surface area (Å²) in [7, 11) is 0. The first kappa shape index (κ1) is 15.9. The largest absolute Gasteiger partial charge is 0.481 e. The molecule has 0 aromatic carbocycles. The van der Waals surface area contributed by atoms with Gasteiger partial charge in [0.15, 0.2) is 0 Å². The Morgan fingerprint density at radius 1 is 1.19 bits per heavy atom. The maximum atomic E-state index is 12.4. The quantitative estimate of drug-likeness (QED) is 0.820. The maximum absolute atomic E-state index is 12.4. The molecule has 120 valence electrons. The summed E-state index contributed by atoms with van der Waals surface area (Å²) in [4.78, 5) is 24.4. The average Bonchev–Trinajstić information content (AvgIpc) is 2.30. The molecule has 1 saturated heterocycles. The third-order valence-corrected chi connectivity index (χ3v) is 4.22. The van der Waals surface area contributed by atoms with Crippen LogP contribution in [0, 0.1) is 17.8 Å². The smallest absolute Gasteiger partial charge is 0.391 e. The van der Waals surface area contributed by atoms with Crippen molar-refractivity contribution in [2.45, 2.75) is 38.4 Å². The van der Waals surface area contributed by atoms with Crippen molar-refractivity contribution in [3.63, 3.8) is 0 Å². The van der Waals surface area contributed by atoms with Gasteiger partial charge in [-0.1, -0.05) is 6.92 Å². The zero-order chi connectivity index (χ0) is 15.8. The second-order valence-electron chi connectivity index (χ2n) is 6.14. The SMILES string of the molecule is CC1CC(C(=O)O)CN(C(=O)NC2CC(C(F)(F)F)C2)C1. The average molecular weight is 308 g/mol. The maximum Gasteiger partial charge on any atom is 0.391 e. The topological polar surface area (TPSA) is 69.6 Å². The van der Waals surface area contributed by atoms with Gasteiger partial charge in [0.1, 0.15) is 0 Å². The third kappa shape index (κ3) is 3.79. The summed E-state index contributed by atoms with van der Waals surface area (Å²) in [6, 6.07) is -0.928. The number of nitrogens with zero attached hydrogens (tertiary/aromatic N) is 1. The monoisotopic (exact) mass is 308 g/mol. The van der Waals surface area contributed by atoms with E-state index in [-0.39, 0.29) is 25.3 Å². The zero-order valence-corrected chi connectivity index (χ0v) is 11.7. The Morgan fingerprint density at radius 3 is 2.33 bits per heavy atom. The van der Waals surface area contributed by atoms with Gasteiger partial charge >= 0.3 is 18.2 Å². The molecule has 2 atom stereocenters. The number of hydrogen-bond donors (Lipinski definition) is 2. The van der Waals surface area contributed by atoms with Crippen molar-refractivity contribution >= 4 is 12.0 Å². The van der Waals surface area contributed by atoms with Crippen molar-refractivity contribution in [3.05, 3.63) is 0 Å². The Labute approximate surface area is 120 Å². The van der Waals surface area contributed by atoms with Crippen LogP contribution in [0.3, 0.4) is 0 Å². The number of carboxylic acid groups (broad SMARTS) is 1. The molecule has 2 fully saturated rings. The summed E-state index contributed by atoms with van der Waals surface area (Å²) in [5.41, 5.74) is 0. The molecular formula is C13H19F3N2O3. The van der Waals surface area contributed by atoms with E-state index in [1.54, 1.807) is 0 Å². The summed E-state index contributed by atoms with van der Waals surface area (Å²) >= 11 is 0. The van der Waals surface area contributed by atoms with E-state index >= 15 is 0 Å². The molecule has 1 aliphatic carbocycles. The lowest BCUT2D eigenvalue weighted by molar-refractivity contribution is -0.198. The second-order valence-corrected chi connectivity index (χ2v) is 6.14. The first-order valence-corrected chi connectivity index (χ1v) is 7.01. The van der Waals surface area contributed by atoms with Crippen molar-refractivity contribution in [2.24, 2.45) is 17.8 Å². The number of piperidine rings is 1. The molecule has 0 aromatic rings. The van der Waals surface area contributed by atoms with Crippen LogP contribution in [0.4, 0.5) is 18.0 Å². The number of amides is 2. The number of nitrogens with one attached hydrogen (secondary N) is 1. The van der Waals surface area contributed by atoms with Crippen LogP contribution in [0.15, 0.2) is 0 Å². The number of hydrogen-bond acceptors (Lipinski definition) is 2. The van der Waals surface area contributed by atoms with E-state index in [9.17, 15) is 22.8 Å². The highest BCUT2D eigenvalue weighted by Crippen LogP contribution is 2.41. The number of carboxylic acids is 1. The molecule has 1 saturated carbocycles. The molecule has 5 nitrogen and oxygen atoms in total. The lowest BCUT2D eigenvalue weighted by Crippen LogP contribution is -2.55. The van der Waals surface area contributed by atoms with Crippen molar-refractivity contribution in [2.75, 3.05) is 13.1 Å². The van der Waals surface area contributed by atoms with Gasteiger partial charge in [-0.3, -0.25) is 4.79 Å². The van der Waals surface area contributed by atoms with Gasteiger partial charge in [0.05, 0.1) is 11.8 Å². The fraction of sp³-hybridized carbons (Fsp3) is 0.846. The first-order valence-electron chi connectivity index (χ1n) is 7.01. The summed E-state index contributed by atoms with van der Waals surface area (Å²) in [5, 5.41) is 11.6. The van der Waals surface area contributed by atoms with Crippen LogP contribution in [0.5, 0.6) is 0 Å². The molecular weight excluding hydrogens is 289 g/mol. The van der Waals surface area contributed by atoms with Gasteiger partial charge in [0.25, 0.3) is 0 Å². The van der Waals surface area contributed by atoms with Crippen molar-refractivity contribution in [3.8, 4) is 0 Å². The summed E-state index contributed by atoms with van der Waals surface area (Å²) in [6.07, 6.45) is -3.88. The van der Waals surface area contributed by atoms with Crippen molar-refractivity contribution in [1.29, 1.82) is 0 Å². The molecule has 2 aliphatic rings.